The number of benzene rings is 2. The van der Waals surface area contributed by atoms with E-state index in [1.807, 2.05) is 48.5 Å². The van der Waals surface area contributed by atoms with Gasteiger partial charge in [0.2, 0.25) is 0 Å². The van der Waals surface area contributed by atoms with E-state index in [0.717, 1.165) is 15.8 Å². The lowest BCUT2D eigenvalue weighted by molar-refractivity contribution is 1.41. The second-order valence-electron chi connectivity index (χ2n) is 3.39. The predicted octanol–water partition coefficient (Wildman–Crippen LogP) is 4.59. The maximum atomic E-state index is 3.52. The van der Waals surface area contributed by atoms with Crippen LogP contribution in [0.15, 0.2) is 64.0 Å². The minimum atomic E-state index is 0.803. The number of thioether (sulfide) groups is 1. The molecule has 2 rings (SSSR count). The molecule has 2 aromatic rings. The van der Waals surface area contributed by atoms with Gasteiger partial charge >= 0.3 is 0 Å². The van der Waals surface area contributed by atoms with E-state index in [0.29, 0.717) is 0 Å². The summed E-state index contributed by atoms with van der Waals surface area (Å²) >= 11 is 5.27. The van der Waals surface area contributed by atoms with Crippen LogP contribution >= 0.6 is 27.7 Å². The van der Waals surface area contributed by atoms with Gasteiger partial charge in [0.1, 0.15) is 0 Å². The molecule has 0 bridgehead atoms. The van der Waals surface area contributed by atoms with Crippen LogP contribution < -0.4 is 0 Å². The highest BCUT2D eigenvalue weighted by atomic mass is 79.9. The highest BCUT2D eigenvalue weighted by Gasteiger charge is 1.96. The molecule has 0 saturated heterocycles. The maximum Gasteiger partial charge on any atom is 0.0598 e. The molecule has 0 aliphatic rings. The van der Waals surface area contributed by atoms with Gasteiger partial charge in [-0.15, -0.1) is 11.8 Å². The first kappa shape index (κ1) is 12.3. The molecule has 84 valence electrons. The Hall–Kier alpha value is -1.17. The van der Waals surface area contributed by atoms with Crippen LogP contribution in [0, 0.1) is 11.8 Å². The summed E-state index contributed by atoms with van der Waals surface area (Å²) in [5, 5.41) is 0. The van der Waals surface area contributed by atoms with E-state index in [-0.39, 0.29) is 0 Å². The lowest BCUT2D eigenvalue weighted by atomic mass is 10.2. The number of halogens is 1. The highest BCUT2D eigenvalue weighted by Crippen LogP contribution is 2.26. The Balaban J connectivity index is 1.93. The van der Waals surface area contributed by atoms with Crippen molar-refractivity contribution in [3.8, 4) is 11.8 Å². The van der Waals surface area contributed by atoms with Crippen LogP contribution in [0.3, 0.4) is 0 Å². The lowest BCUT2D eigenvalue weighted by Gasteiger charge is -1.99. The molecule has 0 amide bonds. The van der Waals surface area contributed by atoms with Crippen molar-refractivity contribution in [2.75, 3.05) is 5.75 Å². The molecule has 0 aromatic heterocycles. The smallest absolute Gasteiger partial charge is 0.0598 e. The van der Waals surface area contributed by atoms with Crippen LogP contribution in [0.25, 0.3) is 0 Å². The van der Waals surface area contributed by atoms with E-state index in [2.05, 4.69) is 33.8 Å². The summed E-state index contributed by atoms with van der Waals surface area (Å²) in [4.78, 5) is 1.23. The monoisotopic (exact) mass is 302 g/mol. The first-order chi connectivity index (χ1) is 8.36. The Kier molecular flexibility index (Phi) is 4.73. The third-order valence-electron chi connectivity index (χ3n) is 2.14. The Labute approximate surface area is 115 Å². The van der Waals surface area contributed by atoms with Crippen LogP contribution in [0.4, 0.5) is 0 Å². The van der Waals surface area contributed by atoms with E-state index in [1.54, 1.807) is 11.8 Å². The van der Waals surface area contributed by atoms with E-state index in [4.69, 9.17) is 0 Å². The molecule has 0 aliphatic heterocycles. The Bertz CT molecular complexity index is 538. The molecule has 0 heterocycles. The molecule has 0 N–H and O–H groups in total. The SMILES string of the molecule is Brc1ccccc1SCC#Cc1ccccc1. The lowest BCUT2D eigenvalue weighted by Crippen LogP contribution is -1.77. The fourth-order valence-corrected chi connectivity index (χ4v) is 2.64. The molecular formula is C15H11BrS. The maximum absolute atomic E-state index is 3.52. The summed E-state index contributed by atoms with van der Waals surface area (Å²) in [6, 6.07) is 18.3. The summed E-state index contributed by atoms with van der Waals surface area (Å²) in [7, 11) is 0. The second kappa shape index (κ2) is 6.54. The van der Waals surface area contributed by atoms with Gasteiger partial charge in [-0.25, -0.2) is 0 Å². The molecule has 0 unspecified atom stereocenters. The molecule has 0 aliphatic carbocycles. The van der Waals surface area contributed by atoms with Gasteiger partial charge in [-0.3, -0.25) is 0 Å². The van der Waals surface area contributed by atoms with E-state index in [1.165, 1.54) is 4.90 Å². The summed E-state index contributed by atoms with van der Waals surface area (Å²) in [6.45, 7) is 0. The van der Waals surface area contributed by atoms with Crippen molar-refractivity contribution in [3.05, 3.63) is 64.6 Å². The van der Waals surface area contributed by atoms with E-state index >= 15 is 0 Å². The minimum absolute atomic E-state index is 0.803. The van der Waals surface area contributed by atoms with Crippen LogP contribution in [0.2, 0.25) is 0 Å². The van der Waals surface area contributed by atoms with E-state index in [9.17, 15) is 0 Å². The first-order valence-electron chi connectivity index (χ1n) is 5.27. The van der Waals surface area contributed by atoms with Gasteiger partial charge in [0.15, 0.2) is 0 Å². The van der Waals surface area contributed by atoms with Gasteiger partial charge in [0, 0.05) is 14.9 Å². The summed E-state index contributed by atoms with van der Waals surface area (Å²) in [6.07, 6.45) is 0. The fraction of sp³-hybridized carbons (Fsp3) is 0.0667. The zero-order chi connectivity index (χ0) is 11.9. The van der Waals surface area contributed by atoms with Crippen molar-refractivity contribution in [3.63, 3.8) is 0 Å². The van der Waals surface area contributed by atoms with Crippen molar-refractivity contribution in [1.82, 2.24) is 0 Å². The van der Waals surface area contributed by atoms with Gasteiger partial charge in [-0.1, -0.05) is 42.2 Å². The van der Waals surface area contributed by atoms with Crippen LogP contribution in [-0.2, 0) is 0 Å². The highest BCUT2D eigenvalue weighted by molar-refractivity contribution is 9.10. The van der Waals surface area contributed by atoms with E-state index < -0.39 is 0 Å². The third-order valence-corrected chi connectivity index (χ3v) is 4.05. The van der Waals surface area contributed by atoms with Crippen LogP contribution in [-0.4, -0.2) is 5.75 Å². The molecule has 2 aromatic carbocycles. The molecule has 0 fully saturated rings. The molecule has 0 spiro atoms. The fourth-order valence-electron chi connectivity index (χ4n) is 1.34. The largest absolute Gasteiger partial charge is 0.112 e. The third kappa shape index (κ3) is 3.96. The number of hydrogen-bond acceptors (Lipinski definition) is 1. The van der Waals surface area contributed by atoms with Gasteiger partial charge in [-0.05, 0) is 40.2 Å². The zero-order valence-corrected chi connectivity index (χ0v) is 11.6. The van der Waals surface area contributed by atoms with Crippen molar-refractivity contribution in [2.45, 2.75) is 4.90 Å². The van der Waals surface area contributed by atoms with Crippen molar-refractivity contribution in [2.24, 2.45) is 0 Å². The number of rotatable bonds is 2. The quantitative estimate of drug-likeness (QED) is 0.577. The minimum Gasteiger partial charge on any atom is -0.112 e. The molecule has 0 saturated carbocycles. The van der Waals surface area contributed by atoms with Gasteiger partial charge in [0.05, 0.1) is 5.75 Å². The zero-order valence-electron chi connectivity index (χ0n) is 9.19. The number of hydrogen-bond donors (Lipinski definition) is 0. The topological polar surface area (TPSA) is 0 Å². The predicted molar refractivity (Wildman–Crippen MR) is 78.2 cm³/mol. The van der Waals surface area contributed by atoms with Crippen molar-refractivity contribution >= 4 is 27.7 Å². The average molecular weight is 303 g/mol. The van der Waals surface area contributed by atoms with Gasteiger partial charge in [0.25, 0.3) is 0 Å². The molecule has 0 nitrogen and oxygen atoms in total. The molecular weight excluding hydrogens is 292 g/mol. The van der Waals surface area contributed by atoms with Crippen LogP contribution in [0.5, 0.6) is 0 Å². The van der Waals surface area contributed by atoms with Crippen LogP contribution in [0.1, 0.15) is 5.56 Å². The Morgan fingerprint density at radius 1 is 0.941 bits per heavy atom. The summed E-state index contributed by atoms with van der Waals surface area (Å²) in [5.41, 5.74) is 1.07. The molecule has 17 heavy (non-hydrogen) atoms. The first-order valence-corrected chi connectivity index (χ1v) is 7.05. The molecule has 0 radical (unpaired) electrons. The molecule has 0 atom stereocenters. The van der Waals surface area contributed by atoms with Gasteiger partial charge in [-0.2, -0.15) is 0 Å². The molecule has 2 heteroatoms. The standard InChI is InChI=1S/C15H11BrS/c16-14-10-4-5-11-15(14)17-12-6-9-13-7-2-1-3-8-13/h1-5,7-8,10-11H,12H2. The van der Waals surface area contributed by atoms with Crippen molar-refractivity contribution in [1.29, 1.82) is 0 Å². The van der Waals surface area contributed by atoms with Crippen molar-refractivity contribution < 1.29 is 0 Å². The normalized spacial score (nSPS) is 9.47. The van der Waals surface area contributed by atoms with Gasteiger partial charge < -0.3 is 0 Å². The summed E-state index contributed by atoms with van der Waals surface area (Å²) < 4.78 is 1.13. The second-order valence-corrected chi connectivity index (χ2v) is 5.26. The summed E-state index contributed by atoms with van der Waals surface area (Å²) in [5.74, 6) is 7.12. The Morgan fingerprint density at radius 2 is 1.65 bits per heavy atom. The Morgan fingerprint density at radius 3 is 2.41 bits per heavy atom. The average Bonchev–Trinajstić information content (AvgIpc) is 2.38.